The molecule has 0 aliphatic carbocycles. The second-order valence-electron chi connectivity index (χ2n) is 8.24. The first kappa shape index (κ1) is 23.7. The van der Waals surface area contributed by atoms with E-state index in [1.807, 2.05) is 4.90 Å². The number of aromatic hydroxyl groups is 1. The van der Waals surface area contributed by atoms with Gasteiger partial charge >= 0.3 is 5.97 Å². The monoisotopic (exact) mass is 482 g/mol. The number of hydrogen-bond donors (Lipinski definition) is 2. The highest BCUT2D eigenvalue weighted by molar-refractivity contribution is 6.30. The fourth-order valence-electron chi connectivity index (χ4n) is 4.21. The van der Waals surface area contributed by atoms with E-state index < -0.39 is 12.0 Å². The van der Waals surface area contributed by atoms with Gasteiger partial charge in [0.15, 0.2) is 0 Å². The maximum atomic E-state index is 13.5. The predicted octanol–water partition coefficient (Wildman–Crippen LogP) is 4.40. The Labute approximate surface area is 201 Å². The summed E-state index contributed by atoms with van der Waals surface area (Å²) in [6.07, 6.45) is 0.376. The second kappa shape index (κ2) is 10.2. The van der Waals surface area contributed by atoms with Crippen LogP contribution in [0.3, 0.4) is 0 Å². The van der Waals surface area contributed by atoms with Crippen LogP contribution >= 0.6 is 11.6 Å². The maximum Gasteiger partial charge on any atom is 0.323 e. The molecule has 4 rings (SSSR count). The number of phenols is 1. The molecule has 176 valence electrons. The highest BCUT2D eigenvalue weighted by Gasteiger charge is 2.38. The zero-order valence-electron chi connectivity index (χ0n) is 18.5. The van der Waals surface area contributed by atoms with Crippen molar-refractivity contribution < 1.29 is 23.8 Å². The van der Waals surface area contributed by atoms with Crippen LogP contribution in [0, 0.1) is 5.82 Å². The highest BCUT2D eigenvalue weighted by Crippen LogP contribution is 2.28. The van der Waals surface area contributed by atoms with Crippen LogP contribution in [0.25, 0.3) is 11.1 Å². The summed E-state index contributed by atoms with van der Waals surface area (Å²) in [5.41, 5.74) is 2.57. The highest BCUT2D eigenvalue weighted by atomic mass is 35.5. The lowest BCUT2D eigenvalue weighted by Gasteiger charge is -2.22. The molecule has 0 aromatic heterocycles. The van der Waals surface area contributed by atoms with Crippen LogP contribution in [0.1, 0.15) is 22.3 Å². The number of nitrogens with zero attached hydrogens (tertiary/aromatic N) is 1. The van der Waals surface area contributed by atoms with E-state index in [-0.39, 0.29) is 30.1 Å². The normalized spacial score (nSPS) is 18.0. The van der Waals surface area contributed by atoms with Gasteiger partial charge in [0, 0.05) is 35.3 Å². The molecule has 0 saturated carbocycles. The van der Waals surface area contributed by atoms with Crippen LogP contribution < -0.4 is 5.32 Å². The Hall–Kier alpha value is -3.42. The summed E-state index contributed by atoms with van der Waals surface area (Å²) < 4.78 is 18.4. The van der Waals surface area contributed by atoms with E-state index in [0.717, 1.165) is 11.1 Å². The van der Waals surface area contributed by atoms with Crippen molar-refractivity contribution in [2.45, 2.75) is 25.0 Å². The molecule has 1 fully saturated rings. The van der Waals surface area contributed by atoms with Crippen LogP contribution in [0.5, 0.6) is 5.75 Å². The van der Waals surface area contributed by atoms with Crippen LogP contribution in [0.15, 0.2) is 66.7 Å². The maximum absolute atomic E-state index is 13.5. The predicted molar refractivity (Wildman–Crippen MR) is 127 cm³/mol. The molecule has 0 radical (unpaired) electrons. The Morgan fingerprint density at radius 1 is 1.12 bits per heavy atom. The van der Waals surface area contributed by atoms with Crippen molar-refractivity contribution in [3.05, 3.63) is 88.7 Å². The van der Waals surface area contributed by atoms with E-state index in [1.165, 1.54) is 25.3 Å². The minimum Gasteiger partial charge on any atom is -0.508 e. The summed E-state index contributed by atoms with van der Waals surface area (Å²) in [5, 5.41) is 13.6. The Kier molecular flexibility index (Phi) is 7.14. The van der Waals surface area contributed by atoms with E-state index in [9.17, 15) is 19.1 Å². The van der Waals surface area contributed by atoms with E-state index in [4.69, 9.17) is 16.3 Å². The number of likely N-dealkylation sites (tertiary alicyclic amines) is 1. The van der Waals surface area contributed by atoms with Crippen molar-refractivity contribution >= 4 is 23.5 Å². The number of methoxy groups -OCH3 is 1. The van der Waals surface area contributed by atoms with Gasteiger partial charge in [0.2, 0.25) is 0 Å². The smallest absolute Gasteiger partial charge is 0.323 e. The lowest BCUT2D eigenvalue weighted by molar-refractivity contribution is -0.146. The Bertz CT molecular complexity index is 1200. The molecular formula is C26H24ClFN2O4. The van der Waals surface area contributed by atoms with Gasteiger partial charge in [-0.25, -0.2) is 4.39 Å². The molecule has 1 aliphatic rings. The fourth-order valence-corrected chi connectivity index (χ4v) is 4.41. The van der Waals surface area contributed by atoms with Gasteiger partial charge in [-0.05, 0) is 60.0 Å². The molecule has 8 heteroatoms. The average molecular weight is 483 g/mol. The number of phenolic OH excluding ortho intramolecular Hbond substituents is 1. The molecule has 6 nitrogen and oxygen atoms in total. The van der Waals surface area contributed by atoms with Crippen molar-refractivity contribution in [2.75, 3.05) is 13.7 Å². The molecule has 1 saturated heterocycles. The van der Waals surface area contributed by atoms with Gasteiger partial charge < -0.3 is 15.2 Å². The van der Waals surface area contributed by atoms with Gasteiger partial charge in [-0.15, -0.1) is 0 Å². The third-order valence-electron chi connectivity index (χ3n) is 5.93. The number of benzene rings is 3. The molecule has 0 bridgehead atoms. The zero-order chi connectivity index (χ0) is 24.2. The minimum atomic E-state index is -0.566. The molecule has 3 aromatic rings. The first-order valence-electron chi connectivity index (χ1n) is 10.8. The number of esters is 1. The summed E-state index contributed by atoms with van der Waals surface area (Å²) in [5.74, 6) is -0.917. The topological polar surface area (TPSA) is 78.9 Å². The summed E-state index contributed by atoms with van der Waals surface area (Å²) in [6.45, 7) is 0.680. The van der Waals surface area contributed by atoms with E-state index >= 15 is 0 Å². The van der Waals surface area contributed by atoms with Crippen molar-refractivity contribution in [1.29, 1.82) is 0 Å². The minimum absolute atomic E-state index is 0.0823. The Balaban J connectivity index is 1.45. The molecule has 2 N–H and O–H groups in total. The molecule has 2 atom stereocenters. The van der Waals surface area contributed by atoms with Gasteiger partial charge in [-0.3, -0.25) is 14.5 Å². The van der Waals surface area contributed by atoms with Crippen molar-refractivity contribution in [3.8, 4) is 16.9 Å². The number of hydrogen-bond acceptors (Lipinski definition) is 5. The number of ether oxygens (including phenoxy) is 1. The standard InChI is InChI=1S/C26H24ClFN2O4/c1-34-26(33)23-13-22(15-30(23)14-19-11-20(27)9-10-24(19)31)29-25(32)17-7-5-16(6-8-17)18-3-2-4-21(28)12-18/h2-12,22-23,31H,13-15H2,1H3,(H,29,32)/t22-,23-/m0/s1. The Morgan fingerprint density at radius 2 is 1.88 bits per heavy atom. The van der Waals surface area contributed by atoms with E-state index in [0.29, 0.717) is 29.1 Å². The quantitative estimate of drug-likeness (QED) is 0.509. The first-order valence-corrected chi connectivity index (χ1v) is 11.2. The van der Waals surface area contributed by atoms with Crippen LogP contribution in [0.4, 0.5) is 4.39 Å². The number of nitrogens with one attached hydrogen (secondary N) is 1. The van der Waals surface area contributed by atoms with Crippen LogP contribution in [-0.4, -0.2) is 47.6 Å². The molecule has 0 unspecified atom stereocenters. The molecule has 1 amide bonds. The van der Waals surface area contributed by atoms with E-state index in [1.54, 1.807) is 48.5 Å². The number of amides is 1. The molecular weight excluding hydrogens is 459 g/mol. The zero-order valence-corrected chi connectivity index (χ0v) is 19.3. The number of carbonyl (C=O) groups excluding carboxylic acids is 2. The molecule has 1 aliphatic heterocycles. The fraction of sp³-hybridized carbons (Fsp3) is 0.231. The van der Waals surface area contributed by atoms with Crippen LogP contribution in [-0.2, 0) is 16.1 Å². The van der Waals surface area contributed by atoms with Gasteiger partial charge in [0.25, 0.3) is 5.91 Å². The van der Waals surface area contributed by atoms with Crippen LogP contribution in [0.2, 0.25) is 5.02 Å². The summed E-state index contributed by atoms with van der Waals surface area (Å²) >= 11 is 6.05. The number of halogens is 2. The van der Waals surface area contributed by atoms with Gasteiger partial charge in [0.1, 0.15) is 17.6 Å². The largest absolute Gasteiger partial charge is 0.508 e. The third-order valence-corrected chi connectivity index (χ3v) is 6.17. The van der Waals surface area contributed by atoms with E-state index in [2.05, 4.69) is 5.32 Å². The number of carbonyl (C=O) groups is 2. The van der Waals surface area contributed by atoms with Crippen molar-refractivity contribution in [1.82, 2.24) is 10.2 Å². The summed E-state index contributed by atoms with van der Waals surface area (Å²) in [7, 11) is 1.32. The van der Waals surface area contributed by atoms with Crippen molar-refractivity contribution in [3.63, 3.8) is 0 Å². The van der Waals surface area contributed by atoms with Gasteiger partial charge in [0.05, 0.1) is 7.11 Å². The average Bonchev–Trinajstić information content (AvgIpc) is 3.23. The summed E-state index contributed by atoms with van der Waals surface area (Å²) in [6, 6.07) is 17.0. The van der Waals surface area contributed by atoms with Gasteiger partial charge in [-0.2, -0.15) is 0 Å². The summed E-state index contributed by atoms with van der Waals surface area (Å²) in [4.78, 5) is 27.1. The number of rotatable bonds is 6. The molecule has 34 heavy (non-hydrogen) atoms. The van der Waals surface area contributed by atoms with Gasteiger partial charge in [-0.1, -0.05) is 35.9 Å². The second-order valence-corrected chi connectivity index (χ2v) is 8.67. The lowest BCUT2D eigenvalue weighted by Crippen LogP contribution is -2.37. The molecule has 3 aromatic carbocycles. The first-order chi connectivity index (χ1) is 16.3. The third kappa shape index (κ3) is 5.38. The lowest BCUT2D eigenvalue weighted by atomic mass is 10.0. The molecule has 0 spiro atoms. The molecule has 1 heterocycles. The SMILES string of the molecule is COC(=O)[C@@H]1C[C@H](NC(=O)c2ccc(-c3cccc(F)c3)cc2)CN1Cc1cc(Cl)ccc1O. The van der Waals surface area contributed by atoms with Crippen molar-refractivity contribution in [2.24, 2.45) is 0 Å². The Morgan fingerprint density at radius 3 is 2.59 bits per heavy atom.